The zero-order valence-electron chi connectivity index (χ0n) is 12.1. The summed E-state index contributed by atoms with van der Waals surface area (Å²) in [6.45, 7) is 9.09. The average molecular weight is 261 g/mol. The third-order valence-electron chi connectivity index (χ3n) is 3.28. The van der Waals surface area contributed by atoms with E-state index in [2.05, 4.69) is 36.2 Å². The minimum absolute atomic E-state index is 0.174. The summed E-state index contributed by atoms with van der Waals surface area (Å²) in [6, 6.07) is 4.00. The molecular formula is C14H23N5. The Morgan fingerprint density at radius 1 is 1.47 bits per heavy atom. The Morgan fingerprint density at radius 3 is 2.79 bits per heavy atom. The van der Waals surface area contributed by atoms with Crippen LogP contribution in [0.25, 0.3) is 5.65 Å². The molecule has 19 heavy (non-hydrogen) atoms. The van der Waals surface area contributed by atoms with Crippen molar-refractivity contribution in [1.82, 2.24) is 14.6 Å². The second kappa shape index (κ2) is 5.17. The first-order chi connectivity index (χ1) is 8.93. The molecular weight excluding hydrogens is 238 g/mol. The highest BCUT2D eigenvalue weighted by Crippen LogP contribution is 2.20. The van der Waals surface area contributed by atoms with Crippen molar-refractivity contribution in [3.8, 4) is 0 Å². The lowest BCUT2D eigenvalue weighted by atomic mass is 9.91. The SMILES string of the molecule is Cc1cccn2nc(NC(C)(CN)CC(C)C)nc12. The van der Waals surface area contributed by atoms with Crippen molar-refractivity contribution in [1.29, 1.82) is 0 Å². The van der Waals surface area contributed by atoms with Crippen LogP contribution in [0.5, 0.6) is 0 Å². The number of fused-ring (bicyclic) bond motifs is 1. The minimum atomic E-state index is -0.174. The van der Waals surface area contributed by atoms with Crippen LogP contribution in [0.4, 0.5) is 5.95 Å². The van der Waals surface area contributed by atoms with Crippen LogP contribution >= 0.6 is 0 Å². The van der Waals surface area contributed by atoms with Crippen molar-refractivity contribution in [2.45, 2.75) is 39.7 Å². The van der Waals surface area contributed by atoms with E-state index < -0.39 is 0 Å². The number of nitrogens with one attached hydrogen (secondary N) is 1. The Labute approximate surface area is 114 Å². The van der Waals surface area contributed by atoms with Crippen LogP contribution in [-0.2, 0) is 0 Å². The molecule has 5 heteroatoms. The maximum Gasteiger partial charge on any atom is 0.243 e. The molecule has 0 aliphatic rings. The van der Waals surface area contributed by atoms with E-state index in [-0.39, 0.29) is 5.54 Å². The summed E-state index contributed by atoms with van der Waals surface area (Å²) in [6.07, 6.45) is 2.89. The fourth-order valence-corrected chi connectivity index (χ4v) is 2.45. The van der Waals surface area contributed by atoms with Crippen molar-refractivity contribution in [2.24, 2.45) is 11.7 Å². The second-order valence-electron chi connectivity index (χ2n) is 5.88. The van der Waals surface area contributed by atoms with Gasteiger partial charge >= 0.3 is 0 Å². The number of aromatic nitrogens is 3. The van der Waals surface area contributed by atoms with Gasteiger partial charge in [-0.15, -0.1) is 5.10 Å². The van der Waals surface area contributed by atoms with Crippen molar-refractivity contribution in [2.75, 3.05) is 11.9 Å². The van der Waals surface area contributed by atoms with Crippen LogP contribution in [0.3, 0.4) is 0 Å². The monoisotopic (exact) mass is 261 g/mol. The van der Waals surface area contributed by atoms with Gasteiger partial charge in [0, 0.05) is 18.3 Å². The number of nitrogens with two attached hydrogens (primary N) is 1. The van der Waals surface area contributed by atoms with Gasteiger partial charge in [0.05, 0.1) is 0 Å². The number of aryl methyl sites for hydroxylation is 1. The number of pyridine rings is 1. The van der Waals surface area contributed by atoms with Crippen LogP contribution in [0.2, 0.25) is 0 Å². The van der Waals surface area contributed by atoms with E-state index in [4.69, 9.17) is 5.73 Å². The van der Waals surface area contributed by atoms with Gasteiger partial charge in [0.2, 0.25) is 5.95 Å². The molecule has 2 heterocycles. The smallest absolute Gasteiger partial charge is 0.243 e. The highest BCUT2D eigenvalue weighted by molar-refractivity contribution is 5.50. The molecule has 0 aliphatic heterocycles. The number of rotatable bonds is 5. The quantitative estimate of drug-likeness (QED) is 0.866. The lowest BCUT2D eigenvalue weighted by Gasteiger charge is -2.30. The third kappa shape index (κ3) is 3.04. The molecule has 0 spiro atoms. The second-order valence-corrected chi connectivity index (χ2v) is 5.88. The molecule has 0 radical (unpaired) electrons. The molecule has 104 valence electrons. The molecule has 1 unspecified atom stereocenters. The maximum absolute atomic E-state index is 5.90. The molecule has 3 N–H and O–H groups in total. The van der Waals surface area contributed by atoms with Gasteiger partial charge in [0.1, 0.15) is 0 Å². The largest absolute Gasteiger partial charge is 0.346 e. The summed E-state index contributed by atoms with van der Waals surface area (Å²) in [5.74, 6) is 1.21. The molecule has 5 nitrogen and oxygen atoms in total. The van der Waals surface area contributed by atoms with Gasteiger partial charge in [-0.05, 0) is 37.8 Å². The van der Waals surface area contributed by atoms with E-state index in [1.54, 1.807) is 4.52 Å². The van der Waals surface area contributed by atoms with Crippen LogP contribution < -0.4 is 11.1 Å². The first kappa shape index (κ1) is 13.8. The van der Waals surface area contributed by atoms with E-state index in [0.717, 1.165) is 17.6 Å². The Bertz CT molecular complexity index is 560. The van der Waals surface area contributed by atoms with E-state index in [1.165, 1.54) is 0 Å². The van der Waals surface area contributed by atoms with Crippen molar-refractivity contribution in [3.63, 3.8) is 0 Å². The molecule has 2 aromatic heterocycles. The molecule has 0 saturated heterocycles. The average Bonchev–Trinajstić information content (AvgIpc) is 2.71. The van der Waals surface area contributed by atoms with Crippen LogP contribution in [0, 0.1) is 12.8 Å². The highest BCUT2D eigenvalue weighted by atomic mass is 15.4. The van der Waals surface area contributed by atoms with Gasteiger partial charge in [-0.1, -0.05) is 19.9 Å². The number of anilines is 1. The van der Waals surface area contributed by atoms with Gasteiger partial charge in [-0.2, -0.15) is 4.98 Å². The van der Waals surface area contributed by atoms with Crippen molar-refractivity contribution < 1.29 is 0 Å². The Morgan fingerprint density at radius 2 is 2.21 bits per heavy atom. The molecule has 1 atom stereocenters. The minimum Gasteiger partial charge on any atom is -0.346 e. The van der Waals surface area contributed by atoms with Crippen LogP contribution in [0.1, 0.15) is 32.8 Å². The molecule has 0 aliphatic carbocycles. The number of nitrogens with zero attached hydrogens (tertiary/aromatic N) is 3. The zero-order chi connectivity index (χ0) is 14.0. The van der Waals surface area contributed by atoms with Gasteiger partial charge in [-0.25, -0.2) is 4.52 Å². The number of hydrogen-bond acceptors (Lipinski definition) is 4. The first-order valence-electron chi connectivity index (χ1n) is 6.74. The molecule has 0 bridgehead atoms. The van der Waals surface area contributed by atoms with Crippen molar-refractivity contribution >= 4 is 11.6 Å². The first-order valence-corrected chi connectivity index (χ1v) is 6.74. The maximum atomic E-state index is 5.90. The topological polar surface area (TPSA) is 68.2 Å². The van der Waals surface area contributed by atoms with Gasteiger partial charge in [-0.3, -0.25) is 0 Å². The van der Waals surface area contributed by atoms with E-state index in [9.17, 15) is 0 Å². The highest BCUT2D eigenvalue weighted by Gasteiger charge is 2.25. The Hall–Kier alpha value is -1.62. The van der Waals surface area contributed by atoms with Gasteiger partial charge < -0.3 is 11.1 Å². The van der Waals surface area contributed by atoms with E-state index in [0.29, 0.717) is 18.4 Å². The summed E-state index contributed by atoms with van der Waals surface area (Å²) in [5, 5.41) is 7.84. The summed E-state index contributed by atoms with van der Waals surface area (Å²) >= 11 is 0. The lowest BCUT2D eigenvalue weighted by Crippen LogP contribution is -2.44. The van der Waals surface area contributed by atoms with Gasteiger partial charge in [0.15, 0.2) is 5.65 Å². The Kier molecular flexibility index (Phi) is 3.75. The number of hydrogen-bond donors (Lipinski definition) is 2. The fraction of sp³-hybridized carbons (Fsp3) is 0.571. The van der Waals surface area contributed by atoms with Gasteiger partial charge in [0.25, 0.3) is 0 Å². The van der Waals surface area contributed by atoms with Crippen molar-refractivity contribution in [3.05, 3.63) is 23.9 Å². The molecule has 0 aromatic carbocycles. The standard InChI is InChI=1S/C14H23N5/c1-10(2)8-14(4,9-15)17-13-16-12-11(3)6-5-7-19(12)18-13/h5-7,10H,8-9,15H2,1-4H3,(H,17,18). The summed E-state index contributed by atoms with van der Waals surface area (Å²) in [5.41, 5.74) is 7.72. The molecule has 0 amide bonds. The van der Waals surface area contributed by atoms with E-state index in [1.807, 2.05) is 25.3 Å². The summed E-state index contributed by atoms with van der Waals surface area (Å²) in [4.78, 5) is 4.54. The van der Waals surface area contributed by atoms with Crippen LogP contribution in [0.15, 0.2) is 18.3 Å². The summed E-state index contributed by atoms with van der Waals surface area (Å²) in [7, 11) is 0. The Balaban J connectivity index is 2.27. The molecule has 2 rings (SSSR count). The molecule has 0 fully saturated rings. The molecule has 0 saturated carbocycles. The third-order valence-corrected chi connectivity index (χ3v) is 3.28. The predicted octanol–water partition coefficient (Wildman–Crippen LogP) is 2.21. The predicted molar refractivity (Wildman–Crippen MR) is 78.3 cm³/mol. The summed E-state index contributed by atoms with van der Waals surface area (Å²) < 4.78 is 1.80. The fourth-order valence-electron chi connectivity index (χ4n) is 2.45. The molecule has 2 aromatic rings. The normalized spacial score (nSPS) is 14.8. The lowest BCUT2D eigenvalue weighted by molar-refractivity contribution is 0.405. The van der Waals surface area contributed by atoms with Crippen LogP contribution in [-0.4, -0.2) is 26.7 Å². The zero-order valence-corrected chi connectivity index (χ0v) is 12.1. The van der Waals surface area contributed by atoms with E-state index >= 15 is 0 Å².